The minimum Gasteiger partial charge on any atom is -0.493 e. The van der Waals surface area contributed by atoms with Gasteiger partial charge >= 0.3 is 0 Å². The third-order valence-electron chi connectivity index (χ3n) is 5.51. The molecule has 5 rings (SSSR count). The van der Waals surface area contributed by atoms with Crippen LogP contribution in [0.15, 0.2) is 88.8 Å². The average Bonchev–Trinajstić information content (AvgIpc) is 3.22. The van der Waals surface area contributed by atoms with E-state index in [-0.39, 0.29) is 5.91 Å². The highest BCUT2D eigenvalue weighted by molar-refractivity contribution is 14.1. The first kappa shape index (κ1) is 25.1. The van der Waals surface area contributed by atoms with Crippen LogP contribution in [-0.4, -0.2) is 18.2 Å². The van der Waals surface area contributed by atoms with Crippen LogP contribution >= 0.6 is 56.9 Å². The maximum Gasteiger partial charge on any atom is 0.264 e. The lowest BCUT2D eigenvalue weighted by Crippen LogP contribution is -2.19. The van der Waals surface area contributed by atoms with Crippen molar-refractivity contribution < 1.29 is 14.3 Å². The van der Waals surface area contributed by atoms with Crippen molar-refractivity contribution in [3.63, 3.8) is 0 Å². The lowest BCUT2D eigenvalue weighted by Gasteiger charge is -2.15. The number of benzene rings is 4. The molecule has 1 N–H and O–H groups in total. The minimum atomic E-state index is -0.172. The van der Waals surface area contributed by atoms with Gasteiger partial charge in [0.05, 0.1) is 21.3 Å². The fraction of sp³-hybridized carbons (Fsp3) is 0.0714. The van der Waals surface area contributed by atoms with E-state index in [4.69, 9.17) is 9.47 Å². The van der Waals surface area contributed by atoms with Crippen LogP contribution in [0.3, 0.4) is 0 Å². The molecule has 8 heteroatoms. The first-order chi connectivity index (χ1) is 17.5. The van der Waals surface area contributed by atoms with Gasteiger partial charge in [0.1, 0.15) is 6.61 Å². The molecule has 1 saturated heterocycles. The molecule has 0 saturated carbocycles. The molecule has 180 valence electrons. The summed E-state index contributed by atoms with van der Waals surface area (Å²) >= 11 is 5.81. The highest BCUT2D eigenvalue weighted by Crippen LogP contribution is 2.37. The Balaban J connectivity index is 1.36. The van der Waals surface area contributed by atoms with E-state index in [0.717, 1.165) is 24.0 Å². The summed E-state index contributed by atoms with van der Waals surface area (Å²) in [6, 6.07) is 26.2. The smallest absolute Gasteiger partial charge is 0.264 e. The molecule has 1 fully saturated rings. The number of carbonyl (C=O) groups is 1. The Bertz CT molecular complexity index is 1510. The maximum absolute atomic E-state index is 12.6. The molecule has 0 unspecified atom stereocenters. The summed E-state index contributed by atoms with van der Waals surface area (Å²) < 4.78 is 13.9. The number of aliphatic imine (C=N–C) groups is 1. The summed E-state index contributed by atoms with van der Waals surface area (Å²) in [7, 11) is 1.62. The monoisotopic (exact) mass is 718 g/mol. The molecule has 1 heterocycles. The number of carbonyl (C=O) groups excluding carboxylic acids is 1. The standard InChI is InChI=1S/C28H20I2N2O3S/c1-34-24-14-17(15-25-27(33)32-28(36-25)31-21-11-9-20(29)10-12-21)13-23(30)26(24)35-16-19-7-4-6-18-5-2-3-8-22(18)19/h2-15H,16H2,1H3,(H,31,32,33)/b25-15+. The molecule has 5 nitrogen and oxygen atoms in total. The van der Waals surface area contributed by atoms with E-state index in [1.54, 1.807) is 7.11 Å². The molecule has 1 aliphatic heterocycles. The number of amidine groups is 1. The number of halogens is 2. The summed E-state index contributed by atoms with van der Waals surface area (Å²) in [4.78, 5) is 17.7. The number of rotatable bonds is 6. The van der Waals surface area contributed by atoms with Gasteiger partial charge in [-0.3, -0.25) is 4.79 Å². The second-order valence-corrected chi connectivity index (χ2v) is 11.4. The van der Waals surface area contributed by atoms with Crippen molar-refractivity contribution in [2.75, 3.05) is 7.11 Å². The van der Waals surface area contributed by atoms with Gasteiger partial charge in [-0.1, -0.05) is 42.5 Å². The number of ether oxygens (including phenoxy) is 2. The topological polar surface area (TPSA) is 59.9 Å². The molecule has 0 spiro atoms. The number of nitrogens with one attached hydrogen (secondary N) is 1. The highest BCUT2D eigenvalue weighted by Gasteiger charge is 2.24. The summed E-state index contributed by atoms with van der Waals surface area (Å²) in [5.41, 5.74) is 2.75. The number of nitrogens with zero attached hydrogens (tertiary/aromatic N) is 1. The quantitative estimate of drug-likeness (QED) is 0.166. The van der Waals surface area contributed by atoms with Gasteiger partial charge in [0.15, 0.2) is 16.7 Å². The van der Waals surface area contributed by atoms with Gasteiger partial charge in [-0.25, -0.2) is 4.99 Å². The molecular formula is C28H20I2N2O3S. The van der Waals surface area contributed by atoms with Crippen molar-refractivity contribution in [2.45, 2.75) is 6.61 Å². The van der Waals surface area contributed by atoms with Crippen molar-refractivity contribution in [1.29, 1.82) is 0 Å². The predicted octanol–water partition coefficient (Wildman–Crippen LogP) is 7.53. The SMILES string of the molecule is COc1cc(/C=C2/SC(=Nc3ccc(I)cc3)NC2=O)cc(I)c1OCc1cccc2ccccc12. The first-order valence-electron chi connectivity index (χ1n) is 11.0. The number of thioether (sulfide) groups is 1. The number of fused-ring (bicyclic) bond motifs is 1. The maximum atomic E-state index is 12.6. The Labute approximate surface area is 240 Å². The fourth-order valence-electron chi connectivity index (χ4n) is 3.80. The van der Waals surface area contributed by atoms with Crippen LogP contribution in [0.1, 0.15) is 11.1 Å². The molecule has 0 radical (unpaired) electrons. The molecule has 36 heavy (non-hydrogen) atoms. The Kier molecular flexibility index (Phi) is 7.82. The lowest BCUT2D eigenvalue weighted by atomic mass is 10.1. The number of methoxy groups -OCH3 is 1. The molecule has 0 aromatic heterocycles. The van der Waals surface area contributed by atoms with E-state index in [0.29, 0.717) is 28.2 Å². The van der Waals surface area contributed by atoms with Gasteiger partial charge in [-0.2, -0.15) is 0 Å². The van der Waals surface area contributed by atoms with Crippen LogP contribution in [0.5, 0.6) is 11.5 Å². The van der Waals surface area contributed by atoms with E-state index in [1.807, 2.05) is 60.7 Å². The summed E-state index contributed by atoms with van der Waals surface area (Å²) in [6.07, 6.45) is 1.84. The Morgan fingerprint density at radius 1 is 1.00 bits per heavy atom. The second kappa shape index (κ2) is 11.2. The van der Waals surface area contributed by atoms with Crippen molar-refractivity contribution in [3.05, 3.63) is 102 Å². The first-order valence-corrected chi connectivity index (χ1v) is 14.0. The largest absolute Gasteiger partial charge is 0.493 e. The van der Waals surface area contributed by atoms with Gasteiger partial charge in [0.25, 0.3) is 5.91 Å². The molecule has 1 amide bonds. The van der Waals surface area contributed by atoms with Gasteiger partial charge < -0.3 is 14.8 Å². The van der Waals surface area contributed by atoms with Gasteiger partial charge in [0.2, 0.25) is 0 Å². The zero-order valence-electron chi connectivity index (χ0n) is 19.1. The van der Waals surface area contributed by atoms with Gasteiger partial charge in [-0.15, -0.1) is 0 Å². The Hall–Kier alpha value is -2.57. The predicted molar refractivity (Wildman–Crippen MR) is 164 cm³/mol. The molecule has 0 atom stereocenters. The summed E-state index contributed by atoms with van der Waals surface area (Å²) in [5.74, 6) is 1.12. The molecule has 4 aromatic carbocycles. The summed E-state index contributed by atoms with van der Waals surface area (Å²) in [6.45, 7) is 0.421. The van der Waals surface area contributed by atoms with Crippen LogP contribution < -0.4 is 14.8 Å². The van der Waals surface area contributed by atoms with Gasteiger partial charge in [0, 0.05) is 3.57 Å². The molecule has 1 aliphatic rings. The van der Waals surface area contributed by atoms with E-state index < -0.39 is 0 Å². The molecular weight excluding hydrogens is 698 g/mol. The van der Waals surface area contributed by atoms with Crippen molar-refractivity contribution in [1.82, 2.24) is 5.32 Å². The zero-order chi connectivity index (χ0) is 25.1. The molecule has 4 aromatic rings. The van der Waals surface area contributed by atoms with Crippen LogP contribution in [0, 0.1) is 7.14 Å². The second-order valence-electron chi connectivity index (χ2n) is 7.92. The third-order valence-corrected chi connectivity index (χ3v) is 7.94. The van der Waals surface area contributed by atoms with Crippen molar-refractivity contribution >= 4 is 90.6 Å². The van der Waals surface area contributed by atoms with Crippen molar-refractivity contribution in [3.8, 4) is 11.5 Å². The van der Waals surface area contributed by atoms with Gasteiger partial charge in [-0.05, 0) is 121 Å². The number of amides is 1. The molecule has 0 bridgehead atoms. The van der Waals surface area contributed by atoms with E-state index in [9.17, 15) is 4.79 Å². The van der Waals surface area contributed by atoms with Crippen LogP contribution in [-0.2, 0) is 11.4 Å². The zero-order valence-corrected chi connectivity index (χ0v) is 24.3. The number of hydrogen-bond acceptors (Lipinski definition) is 5. The number of hydrogen-bond donors (Lipinski definition) is 1. The normalized spacial score (nSPS) is 15.5. The Morgan fingerprint density at radius 2 is 1.78 bits per heavy atom. The van der Waals surface area contributed by atoms with Crippen LogP contribution in [0.4, 0.5) is 5.69 Å². The van der Waals surface area contributed by atoms with Crippen molar-refractivity contribution in [2.24, 2.45) is 4.99 Å². The third kappa shape index (κ3) is 5.70. The molecule has 0 aliphatic carbocycles. The van der Waals surface area contributed by atoms with Crippen LogP contribution in [0.2, 0.25) is 0 Å². The lowest BCUT2D eigenvalue weighted by molar-refractivity contribution is -0.115. The minimum absolute atomic E-state index is 0.172. The van der Waals surface area contributed by atoms with E-state index in [2.05, 4.69) is 79.8 Å². The average molecular weight is 718 g/mol. The summed E-state index contributed by atoms with van der Waals surface area (Å²) in [5, 5.41) is 5.75. The Morgan fingerprint density at radius 3 is 2.58 bits per heavy atom. The van der Waals surface area contributed by atoms with E-state index in [1.165, 1.54) is 22.5 Å². The van der Waals surface area contributed by atoms with E-state index >= 15 is 0 Å². The fourth-order valence-corrected chi connectivity index (χ4v) is 5.78. The van der Waals surface area contributed by atoms with Crippen LogP contribution in [0.25, 0.3) is 16.8 Å². The highest BCUT2D eigenvalue weighted by atomic mass is 127.